The normalized spacial score (nSPS) is 10.0. The van der Waals surface area contributed by atoms with Crippen molar-refractivity contribution < 1.29 is 14.3 Å². The molecule has 2 rings (SSSR count). The minimum Gasteiger partial charge on any atom is -0.483 e. The van der Waals surface area contributed by atoms with Gasteiger partial charge in [-0.2, -0.15) is 0 Å². The highest BCUT2D eigenvalue weighted by Crippen LogP contribution is 2.20. The Morgan fingerprint density at radius 1 is 1.11 bits per heavy atom. The number of benzene rings is 2. The minimum absolute atomic E-state index is 0.210. The first-order valence-electron chi connectivity index (χ1n) is 8.38. The largest absolute Gasteiger partial charge is 0.483 e. The van der Waals surface area contributed by atoms with Crippen molar-refractivity contribution in [3.63, 3.8) is 0 Å². The van der Waals surface area contributed by atoms with Gasteiger partial charge >= 0.3 is 0 Å². The fourth-order valence-corrected chi connectivity index (χ4v) is 2.60. The zero-order valence-electron chi connectivity index (χ0n) is 15.2. The molecule has 0 atom stereocenters. The van der Waals surface area contributed by atoms with Crippen LogP contribution in [-0.2, 0) is 11.2 Å². The van der Waals surface area contributed by atoms with Crippen LogP contribution in [0.1, 0.15) is 28.4 Å². The monoisotopic (exact) mass is 386 g/mol. The molecule has 0 saturated carbocycles. The molecule has 142 valence electrons. The van der Waals surface area contributed by atoms with Gasteiger partial charge < -0.3 is 15.8 Å². The number of nitrogens with one attached hydrogen (secondary N) is 3. The number of rotatable bonds is 6. The van der Waals surface area contributed by atoms with Crippen molar-refractivity contribution in [1.29, 1.82) is 0 Å². The predicted octanol–water partition coefficient (Wildman–Crippen LogP) is 2.05. The average molecular weight is 386 g/mol. The lowest BCUT2D eigenvalue weighted by Crippen LogP contribution is -2.45. The first-order chi connectivity index (χ1) is 12.9. The molecule has 0 fully saturated rings. The predicted molar refractivity (Wildman–Crippen MR) is 109 cm³/mol. The van der Waals surface area contributed by atoms with Crippen molar-refractivity contribution in [1.82, 2.24) is 10.9 Å². The van der Waals surface area contributed by atoms with Crippen LogP contribution in [0, 0.1) is 6.92 Å². The van der Waals surface area contributed by atoms with E-state index in [9.17, 15) is 9.59 Å². The number of hydrogen-bond donors (Lipinski definition) is 4. The number of nitrogens with two attached hydrogens (primary N) is 1. The number of anilines is 1. The molecule has 5 N–H and O–H groups in total. The van der Waals surface area contributed by atoms with Gasteiger partial charge in [-0.3, -0.25) is 20.4 Å². The molecule has 7 nitrogen and oxygen atoms in total. The second-order valence-corrected chi connectivity index (χ2v) is 6.15. The van der Waals surface area contributed by atoms with Gasteiger partial charge in [0.05, 0.1) is 5.56 Å². The van der Waals surface area contributed by atoms with Crippen LogP contribution in [-0.4, -0.2) is 23.5 Å². The number of aryl methyl sites for hydroxylation is 2. The van der Waals surface area contributed by atoms with Crippen LogP contribution < -0.4 is 26.6 Å². The van der Waals surface area contributed by atoms with Crippen molar-refractivity contribution in [3.05, 3.63) is 59.2 Å². The lowest BCUT2D eigenvalue weighted by atomic mass is 10.1. The standard InChI is InChI=1S/C19H22N4O3S/c1-3-13-8-6-7-12(2)17(13)21-19(27)23-22-16(24)11-26-15-10-5-4-9-14(15)18(20)25/h4-10H,3,11H2,1-2H3,(H2,20,25)(H,22,24)(H2,21,23,27). The fourth-order valence-electron chi connectivity index (χ4n) is 2.45. The molecule has 0 bridgehead atoms. The summed E-state index contributed by atoms with van der Waals surface area (Å²) in [5.41, 5.74) is 13.6. The molecule has 0 heterocycles. The number of hydrazine groups is 1. The summed E-state index contributed by atoms with van der Waals surface area (Å²) in [6.07, 6.45) is 0.853. The van der Waals surface area contributed by atoms with E-state index in [-0.39, 0.29) is 23.0 Å². The van der Waals surface area contributed by atoms with Crippen molar-refractivity contribution >= 4 is 34.8 Å². The van der Waals surface area contributed by atoms with Crippen LogP contribution >= 0.6 is 12.2 Å². The molecule has 0 saturated heterocycles. The van der Waals surface area contributed by atoms with Gasteiger partial charge in [0.1, 0.15) is 5.75 Å². The van der Waals surface area contributed by atoms with E-state index in [2.05, 4.69) is 23.1 Å². The van der Waals surface area contributed by atoms with Crippen molar-refractivity contribution in [2.45, 2.75) is 20.3 Å². The van der Waals surface area contributed by atoms with E-state index in [0.717, 1.165) is 23.2 Å². The summed E-state index contributed by atoms with van der Waals surface area (Å²) < 4.78 is 5.35. The molecule has 0 unspecified atom stereocenters. The van der Waals surface area contributed by atoms with E-state index in [0.29, 0.717) is 0 Å². The summed E-state index contributed by atoms with van der Waals surface area (Å²) in [7, 11) is 0. The number of hydrogen-bond acceptors (Lipinski definition) is 4. The number of amides is 2. The molecule has 0 aliphatic carbocycles. The number of carbonyl (C=O) groups is 2. The number of carbonyl (C=O) groups excluding carboxylic acids is 2. The SMILES string of the molecule is CCc1cccc(C)c1NC(=S)NNC(=O)COc1ccccc1C(N)=O. The van der Waals surface area contributed by atoms with Gasteiger partial charge in [0, 0.05) is 5.69 Å². The second kappa shape index (κ2) is 9.54. The Labute approximate surface area is 163 Å². The van der Waals surface area contributed by atoms with E-state index >= 15 is 0 Å². The lowest BCUT2D eigenvalue weighted by molar-refractivity contribution is -0.123. The first kappa shape index (κ1) is 20.2. The van der Waals surface area contributed by atoms with Gasteiger partial charge in [-0.05, 0) is 48.8 Å². The summed E-state index contributed by atoms with van der Waals surface area (Å²) >= 11 is 5.22. The first-order valence-corrected chi connectivity index (χ1v) is 8.79. The van der Waals surface area contributed by atoms with Crippen LogP contribution in [0.25, 0.3) is 0 Å². The molecule has 27 heavy (non-hydrogen) atoms. The third-order valence-corrected chi connectivity index (χ3v) is 4.01. The molecule has 0 aliphatic rings. The van der Waals surface area contributed by atoms with E-state index in [4.69, 9.17) is 22.7 Å². The molecule has 8 heteroatoms. The van der Waals surface area contributed by atoms with Gasteiger partial charge in [-0.1, -0.05) is 37.3 Å². The Morgan fingerprint density at radius 2 is 1.85 bits per heavy atom. The van der Waals surface area contributed by atoms with Crippen LogP contribution in [0.15, 0.2) is 42.5 Å². The summed E-state index contributed by atoms with van der Waals surface area (Å²) in [5, 5.41) is 3.34. The van der Waals surface area contributed by atoms with E-state index in [1.165, 1.54) is 6.07 Å². The average Bonchev–Trinajstić information content (AvgIpc) is 2.66. The fraction of sp³-hybridized carbons (Fsp3) is 0.211. The highest BCUT2D eigenvalue weighted by Gasteiger charge is 2.11. The Bertz CT molecular complexity index is 855. The third kappa shape index (κ3) is 5.68. The Morgan fingerprint density at radius 3 is 2.56 bits per heavy atom. The third-order valence-electron chi connectivity index (χ3n) is 3.81. The molecular formula is C19H22N4O3S. The van der Waals surface area contributed by atoms with Crippen LogP contribution in [0.3, 0.4) is 0 Å². The molecule has 0 aliphatic heterocycles. The van der Waals surface area contributed by atoms with E-state index in [1.807, 2.05) is 25.1 Å². The highest BCUT2D eigenvalue weighted by atomic mass is 32.1. The Hall–Kier alpha value is -3.13. The van der Waals surface area contributed by atoms with Gasteiger partial charge in [-0.15, -0.1) is 0 Å². The van der Waals surface area contributed by atoms with Crippen molar-refractivity contribution in [3.8, 4) is 5.75 Å². The molecule has 2 amide bonds. The van der Waals surface area contributed by atoms with E-state index < -0.39 is 11.8 Å². The lowest BCUT2D eigenvalue weighted by Gasteiger charge is -2.16. The molecule has 0 spiro atoms. The maximum atomic E-state index is 11.9. The number of ether oxygens (including phenoxy) is 1. The van der Waals surface area contributed by atoms with E-state index in [1.54, 1.807) is 18.2 Å². The maximum Gasteiger partial charge on any atom is 0.276 e. The van der Waals surface area contributed by atoms with Crippen molar-refractivity contribution in [2.24, 2.45) is 5.73 Å². The van der Waals surface area contributed by atoms with Gasteiger partial charge in [0.15, 0.2) is 11.7 Å². The van der Waals surface area contributed by atoms with Crippen LogP contribution in [0.2, 0.25) is 0 Å². The maximum absolute atomic E-state index is 11.9. The zero-order chi connectivity index (χ0) is 19.8. The van der Waals surface area contributed by atoms with Crippen LogP contribution in [0.4, 0.5) is 5.69 Å². The van der Waals surface area contributed by atoms with Crippen LogP contribution in [0.5, 0.6) is 5.75 Å². The molecule has 2 aromatic carbocycles. The number of primary amides is 1. The van der Waals surface area contributed by atoms with Crippen molar-refractivity contribution in [2.75, 3.05) is 11.9 Å². The number of para-hydroxylation sites is 2. The minimum atomic E-state index is -0.625. The summed E-state index contributed by atoms with van der Waals surface area (Å²) in [4.78, 5) is 23.3. The van der Waals surface area contributed by atoms with Gasteiger partial charge in [-0.25, -0.2) is 0 Å². The second-order valence-electron chi connectivity index (χ2n) is 5.74. The molecular weight excluding hydrogens is 364 g/mol. The molecule has 2 aromatic rings. The summed E-state index contributed by atoms with van der Waals surface area (Å²) in [6.45, 7) is 3.73. The molecule has 0 aromatic heterocycles. The zero-order valence-corrected chi connectivity index (χ0v) is 16.0. The Kier molecular flexibility index (Phi) is 7.13. The smallest absolute Gasteiger partial charge is 0.276 e. The quantitative estimate of drug-likeness (QED) is 0.447. The Balaban J connectivity index is 1.86. The summed E-state index contributed by atoms with van der Waals surface area (Å²) in [6, 6.07) is 12.4. The van der Waals surface area contributed by atoms with Gasteiger partial charge in [0.25, 0.3) is 11.8 Å². The highest BCUT2D eigenvalue weighted by molar-refractivity contribution is 7.80. The van der Waals surface area contributed by atoms with Gasteiger partial charge in [0.2, 0.25) is 0 Å². The topological polar surface area (TPSA) is 105 Å². The summed E-state index contributed by atoms with van der Waals surface area (Å²) in [5.74, 6) is -0.841. The number of thiocarbonyl (C=S) groups is 1. The molecule has 0 radical (unpaired) electrons.